The van der Waals surface area contributed by atoms with Crippen molar-refractivity contribution in [2.75, 3.05) is 11.5 Å². The van der Waals surface area contributed by atoms with Gasteiger partial charge in [-0.1, -0.05) is 30.3 Å². The average Bonchev–Trinajstić information content (AvgIpc) is 2.66. The van der Waals surface area contributed by atoms with Gasteiger partial charge in [0.25, 0.3) is 0 Å². The van der Waals surface area contributed by atoms with E-state index in [4.69, 9.17) is 9.84 Å². The summed E-state index contributed by atoms with van der Waals surface area (Å²) in [5.41, 5.74) is 1.16. The Hall–Kier alpha value is -1.16. The number of benzene rings is 1. The van der Waals surface area contributed by atoms with Crippen molar-refractivity contribution in [3.8, 4) is 0 Å². The summed E-state index contributed by atoms with van der Waals surface area (Å²) in [6, 6.07) is 9.94. The molecule has 1 heterocycles. The van der Waals surface area contributed by atoms with Gasteiger partial charge in [-0.2, -0.15) is 11.8 Å². The number of ether oxygens (including phenoxy) is 1. The molecule has 1 saturated heterocycles. The maximum atomic E-state index is 10.5. The van der Waals surface area contributed by atoms with Gasteiger partial charge in [0.1, 0.15) is 6.10 Å². The quantitative estimate of drug-likeness (QED) is 0.784. The second-order valence-corrected chi connectivity index (χ2v) is 4.55. The predicted octanol–water partition coefficient (Wildman–Crippen LogP) is 2.58. The minimum atomic E-state index is -1.18. The SMILES string of the molecule is O=C(O)OC1CSCC1c1ccccc1. The van der Waals surface area contributed by atoms with E-state index in [1.807, 2.05) is 30.3 Å². The highest BCUT2D eigenvalue weighted by atomic mass is 32.2. The molecule has 3 nitrogen and oxygen atoms in total. The van der Waals surface area contributed by atoms with Crippen molar-refractivity contribution in [1.29, 1.82) is 0 Å². The van der Waals surface area contributed by atoms with E-state index in [0.717, 1.165) is 17.1 Å². The summed E-state index contributed by atoms with van der Waals surface area (Å²) in [7, 11) is 0. The van der Waals surface area contributed by atoms with Gasteiger partial charge >= 0.3 is 6.16 Å². The normalized spacial score (nSPS) is 25.1. The first-order valence-corrected chi connectivity index (χ1v) is 5.95. The van der Waals surface area contributed by atoms with Crippen molar-refractivity contribution in [2.45, 2.75) is 12.0 Å². The van der Waals surface area contributed by atoms with Crippen LogP contribution in [0, 0.1) is 0 Å². The van der Waals surface area contributed by atoms with Gasteiger partial charge in [-0.05, 0) is 5.56 Å². The highest BCUT2D eigenvalue weighted by Crippen LogP contribution is 2.34. The van der Waals surface area contributed by atoms with E-state index in [2.05, 4.69) is 0 Å². The van der Waals surface area contributed by atoms with Gasteiger partial charge in [0.05, 0.1) is 0 Å². The molecule has 0 saturated carbocycles. The summed E-state index contributed by atoms with van der Waals surface area (Å²) in [6.45, 7) is 0. The lowest BCUT2D eigenvalue weighted by molar-refractivity contribution is 0.0551. The van der Waals surface area contributed by atoms with Crippen LogP contribution in [-0.2, 0) is 4.74 Å². The molecule has 0 radical (unpaired) electrons. The second kappa shape index (κ2) is 4.57. The summed E-state index contributed by atoms with van der Waals surface area (Å²) in [4.78, 5) is 10.5. The zero-order chi connectivity index (χ0) is 10.7. The Balaban J connectivity index is 2.11. The molecule has 1 N–H and O–H groups in total. The summed E-state index contributed by atoms with van der Waals surface area (Å²) in [5.74, 6) is 1.89. The molecule has 0 spiro atoms. The highest BCUT2D eigenvalue weighted by Gasteiger charge is 2.32. The van der Waals surface area contributed by atoms with Crippen LogP contribution in [0.1, 0.15) is 11.5 Å². The van der Waals surface area contributed by atoms with Crippen LogP contribution in [0.3, 0.4) is 0 Å². The maximum absolute atomic E-state index is 10.5. The molecule has 15 heavy (non-hydrogen) atoms. The lowest BCUT2D eigenvalue weighted by Crippen LogP contribution is -2.23. The molecule has 0 aromatic heterocycles. The third-order valence-corrected chi connectivity index (χ3v) is 3.67. The number of carbonyl (C=O) groups is 1. The van der Waals surface area contributed by atoms with Crippen LogP contribution in [0.5, 0.6) is 0 Å². The Bertz CT molecular complexity index is 339. The Morgan fingerprint density at radius 1 is 1.33 bits per heavy atom. The summed E-state index contributed by atoms with van der Waals surface area (Å²) in [5, 5.41) is 8.61. The topological polar surface area (TPSA) is 46.5 Å². The number of carboxylic acid groups (broad SMARTS) is 1. The first kappa shape index (κ1) is 10.4. The highest BCUT2D eigenvalue weighted by molar-refractivity contribution is 7.99. The molecule has 1 aromatic carbocycles. The smallest absolute Gasteiger partial charge is 0.450 e. The Morgan fingerprint density at radius 3 is 2.73 bits per heavy atom. The molecule has 2 atom stereocenters. The summed E-state index contributed by atoms with van der Waals surface area (Å²) in [6.07, 6.45) is -1.38. The fraction of sp³-hybridized carbons (Fsp3) is 0.364. The number of hydrogen-bond donors (Lipinski definition) is 1. The minimum Gasteiger partial charge on any atom is -0.450 e. The predicted molar refractivity (Wildman–Crippen MR) is 59.4 cm³/mol. The lowest BCUT2D eigenvalue weighted by Gasteiger charge is -2.17. The maximum Gasteiger partial charge on any atom is 0.506 e. The number of rotatable bonds is 2. The summed E-state index contributed by atoms with van der Waals surface area (Å²) < 4.78 is 4.87. The van der Waals surface area contributed by atoms with E-state index in [1.54, 1.807) is 11.8 Å². The molecular weight excluding hydrogens is 212 g/mol. The van der Waals surface area contributed by atoms with Gasteiger partial charge in [-0.3, -0.25) is 0 Å². The zero-order valence-electron chi connectivity index (χ0n) is 8.13. The van der Waals surface area contributed by atoms with Gasteiger partial charge in [0.15, 0.2) is 0 Å². The van der Waals surface area contributed by atoms with Crippen molar-refractivity contribution in [1.82, 2.24) is 0 Å². The standard InChI is InChI=1S/C11H12O3S/c12-11(13)14-10-7-15-6-9(10)8-4-2-1-3-5-8/h1-5,9-10H,6-7H2,(H,12,13). The van der Waals surface area contributed by atoms with Crippen LogP contribution in [0.15, 0.2) is 30.3 Å². The van der Waals surface area contributed by atoms with Crippen LogP contribution in [0.25, 0.3) is 0 Å². The third kappa shape index (κ3) is 2.45. The van der Waals surface area contributed by atoms with E-state index < -0.39 is 6.16 Å². The number of thioether (sulfide) groups is 1. The molecule has 1 fully saturated rings. The molecule has 4 heteroatoms. The first-order chi connectivity index (χ1) is 7.27. The fourth-order valence-corrected chi connectivity index (χ4v) is 3.12. The van der Waals surface area contributed by atoms with Gasteiger partial charge in [-0.15, -0.1) is 0 Å². The molecule has 0 amide bonds. The van der Waals surface area contributed by atoms with Crippen molar-refractivity contribution < 1.29 is 14.6 Å². The third-order valence-electron chi connectivity index (χ3n) is 2.51. The molecular formula is C11H12O3S. The van der Waals surface area contributed by atoms with Crippen LogP contribution in [0.2, 0.25) is 0 Å². The lowest BCUT2D eigenvalue weighted by atomic mass is 9.96. The molecule has 80 valence electrons. The van der Waals surface area contributed by atoms with E-state index in [-0.39, 0.29) is 12.0 Å². The zero-order valence-corrected chi connectivity index (χ0v) is 8.94. The van der Waals surface area contributed by atoms with Gasteiger partial charge in [0, 0.05) is 17.4 Å². The monoisotopic (exact) mass is 224 g/mol. The van der Waals surface area contributed by atoms with Crippen LogP contribution in [0.4, 0.5) is 4.79 Å². The molecule has 1 aliphatic heterocycles. The van der Waals surface area contributed by atoms with Crippen LogP contribution in [-0.4, -0.2) is 28.9 Å². The molecule has 2 rings (SSSR count). The molecule has 2 unspecified atom stereocenters. The van der Waals surface area contributed by atoms with Crippen molar-refractivity contribution in [2.24, 2.45) is 0 Å². The Kier molecular flexibility index (Phi) is 3.16. The van der Waals surface area contributed by atoms with Gasteiger partial charge in [-0.25, -0.2) is 4.79 Å². The van der Waals surface area contributed by atoms with Crippen molar-refractivity contribution in [3.63, 3.8) is 0 Å². The van der Waals surface area contributed by atoms with Crippen molar-refractivity contribution >= 4 is 17.9 Å². The van der Waals surface area contributed by atoms with E-state index in [0.29, 0.717) is 0 Å². The molecule has 1 aliphatic rings. The molecule has 0 bridgehead atoms. The second-order valence-electron chi connectivity index (χ2n) is 3.48. The summed E-state index contributed by atoms with van der Waals surface area (Å²) >= 11 is 1.74. The minimum absolute atomic E-state index is 0.199. The molecule has 1 aromatic rings. The van der Waals surface area contributed by atoms with Gasteiger partial charge < -0.3 is 9.84 Å². The Labute approximate surface area is 92.4 Å². The average molecular weight is 224 g/mol. The van der Waals surface area contributed by atoms with Crippen LogP contribution >= 0.6 is 11.8 Å². The van der Waals surface area contributed by atoms with Crippen molar-refractivity contribution in [3.05, 3.63) is 35.9 Å². The van der Waals surface area contributed by atoms with Gasteiger partial charge in [0.2, 0.25) is 0 Å². The molecule has 0 aliphatic carbocycles. The van der Waals surface area contributed by atoms with E-state index in [1.165, 1.54) is 0 Å². The van der Waals surface area contributed by atoms with E-state index >= 15 is 0 Å². The Morgan fingerprint density at radius 2 is 2.07 bits per heavy atom. The largest absolute Gasteiger partial charge is 0.506 e. The van der Waals surface area contributed by atoms with E-state index in [9.17, 15) is 4.79 Å². The first-order valence-electron chi connectivity index (χ1n) is 4.79. The fourth-order valence-electron chi connectivity index (χ4n) is 1.79. The number of hydrogen-bond acceptors (Lipinski definition) is 3. The van der Waals surface area contributed by atoms with Crippen LogP contribution < -0.4 is 0 Å².